The zero-order valence-corrected chi connectivity index (χ0v) is 13.4. The molecule has 21 heavy (non-hydrogen) atoms. The number of nitrogens with zero attached hydrogens (tertiary/aromatic N) is 1. The summed E-state index contributed by atoms with van der Waals surface area (Å²) in [5.74, 6) is 0.750. The molecule has 1 fully saturated rings. The molecule has 0 amide bonds. The maximum absolute atomic E-state index is 10.2. The SMILES string of the molecule is CC[C@@H](OC[C@H](O)CN1CCC[C@H](C)C1)c1ccccc1. The van der Waals surface area contributed by atoms with Crippen LogP contribution in [-0.2, 0) is 4.74 Å². The molecule has 1 aromatic rings. The fourth-order valence-electron chi connectivity index (χ4n) is 3.15. The van der Waals surface area contributed by atoms with Crippen molar-refractivity contribution in [2.24, 2.45) is 5.92 Å². The summed E-state index contributed by atoms with van der Waals surface area (Å²) in [5.41, 5.74) is 1.19. The molecule has 118 valence electrons. The molecule has 3 atom stereocenters. The van der Waals surface area contributed by atoms with E-state index in [9.17, 15) is 5.11 Å². The summed E-state index contributed by atoms with van der Waals surface area (Å²) in [6, 6.07) is 10.3. The Bertz CT molecular complexity index is 395. The predicted octanol–water partition coefficient (Wildman–Crippen LogP) is 3.25. The first-order chi connectivity index (χ1) is 10.2. The average molecular weight is 291 g/mol. The fourth-order valence-corrected chi connectivity index (χ4v) is 3.15. The van der Waals surface area contributed by atoms with Gasteiger partial charge >= 0.3 is 0 Å². The molecule has 3 nitrogen and oxygen atoms in total. The molecule has 1 aliphatic heterocycles. The lowest BCUT2D eigenvalue weighted by molar-refractivity contribution is -0.0271. The van der Waals surface area contributed by atoms with E-state index >= 15 is 0 Å². The van der Waals surface area contributed by atoms with Crippen LogP contribution < -0.4 is 0 Å². The van der Waals surface area contributed by atoms with Gasteiger partial charge in [-0.2, -0.15) is 0 Å². The number of rotatable bonds is 7. The molecule has 0 unspecified atom stereocenters. The molecule has 1 N–H and O–H groups in total. The summed E-state index contributed by atoms with van der Waals surface area (Å²) in [6.45, 7) is 7.77. The smallest absolute Gasteiger partial charge is 0.0900 e. The third-order valence-electron chi connectivity index (χ3n) is 4.24. The predicted molar refractivity (Wildman–Crippen MR) is 86.3 cm³/mol. The number of piperidine rings is 1. The summed E-state index contributed by atoms with van der Waals surface area (Å²) < 4.78 is 5.93. The first-order valence-electron chi connectivity index (χ1n) is 8.26. The molecule has 0 radical (unpaired) electrons. The average Bonchev–Trinajstić information content (AvgIpc) is 2.49. The molecule has 1 aliphatic rings. The molecule has 0 aliphatic carbocycles. The maximum atomic E-state index is 10.2. The van der Waals surface area contributed by atoms with Gasteiger partial charge in [0.25, 0.3) is 0 Å². The Morgan fingerprint density at radius 1 is 1.33 bits per heavy atom. The van der Waals surface area contributed by atoms with Gasteiger partial charge in [0.15, 0.2) is 0 Å². The van der Waals surface area contributed by atoms with Gasteiger partial charge in [0, 0.05) is 13.1 Å². The minimum absolute atomic E-state index is 0.0844. The Morgan fingerprint density at radius 3 is 2.76 bits per heavy atom. The molecule has 1 aromatic carbocycles. The Hall–Kier alpha value is -0.900. The van der Waals surface area contributed by atoms with Gasteiger partial charge in [-0.25, -0.2) is 0 Å². The Kier molecular flexibility index (Phi) is 6.68. The fraction of sp³-hybridized carbons (Fsp3) is 0.667. The number of aliphatic hydroxyl groups excluding tert-OH is 1. The topological polar surface area (TPSA) is 32.7 Å². The second-order valence-electron chi connectivity index (χ2n) is 6.30. The van der Waals surface area contributed by atoms with Gasteiger partial charge in [-0.05, 0) is 37.3 Å². The highest BCUT2D eigenvalue weighted by Gasteiger charge is 2.20. The van der Waals surface area contributed by atoms with Crippen LogP contribution in [0.25, 0.3) is 0 Å². The van der Waals surface area contributed by atoms with Crippen molar-refractivity contribution >= 4 is 0 Å². The minimum atomic E-state index is -0.395. The lowest BCUT2D eigenvalue weighted by Crippen LogP contribution is -2.40. The number of ether oxygens (including phenoxy) is 1. The van der Waals surface area contributed by atoms with E-state index in [1.165, 1.54) is 18.4 Å². The molecular weight excluding hydrogens is 262 g/mol. The van der Waals surface area contributed by atoms with Crippen LogP contribution in [0.3, 0.4) is 0 Å². The highest BCUT2D eigenvalue weighted by atomic mass is 16.5. The molecule has 1 saturated heterocycles. The van der Waals surface area contributed by atoms with Crippen molar-refractivity contribution in [2.45, 2.75) is 45.3 Å². The highest BCUT2D eigenvalue weighted by Crippen LogP contribution is 2.21. The molecular formula is C18H29NO2. The normalized spacial score (nSPS) is 22.9. The zero-order chi connectivity index (χ0) is 15.1. The summed E-state index contributed by atoms with van der Waals surface area (Å²) in [7, 11) is 0. The summed E-state index contributed by atoms with van der Waals surface area (Å²) in [5, 5.41) is 10.2. The third kappa shape index (κ3) is 5.42. The molecule has 0 spiro atoms. The van der Waals surface area contributed by atoms with E-state index in [2.05, 4.69) is 30.9 Å². The van der Waals surface area contributed by atoms with Crippen LogP contribution in [0.1, 0.15) is 44.8 Å². The molecule has 0 bridgehead atoms. The summed E-state index contributed by atoms with van der Waals surface area (Å²) in [6.07, 6.45) is 3.18. The molecule has 0 aromatic heterocycles. The molecule has 0 saturated carbocycles. The van der Waals surface area contributed by atoms with Crippen molar-refractivity contribution in [2.75, 3.05) is 26.2 Å². The van der Waals surface area contributed by atoms with Crippen LogP contribution in [0.15, 0.2) is 30.3 Å². The van der Waals surface area contributed by atoms with Gasteiger partial charge in [0.05, 0.1) is 18.8 Å². The minimum Gasteiger partial charge on any atom is -0.389 e. The van der Waals surface area contributed by atoms with Gasteiger partial charge in [0.2, 0.25) is 0 Å². The Morgan fingerprint density at radius 2 is 2.10 bits per heavy atom. The third-order valence-corrected chi connectivity index (χ3v) is 4.24. The van der Waals surface area contributed by atoms with Crippen LogP contribution in [0.2, 0.25) is 0 Å². The van der Waals surface area contributed by atoms with Crippen LogP contribution >= 0.6 is 0 Å². The largest absolute Gasteiger partial charge is 0.389 e. The van der Waals surface area contributed by atoms with Gasteiger partial charge in [-0.1, -0.05) is 44.2 Å². The van der Waals surface area contributed by atoms with Crippen molar-refractivity contribution < 1.29 is 9.84 Å². The second kappa shape index (κ2) is 8.52. The zero-order valence-electron chi connectivity index (χ0n) is 13.4. The van der Waals surface area contributed by atoms with Crippen molar-refractivity contribution in [3.63, 3.8) is 0 Å². The monoisotopic (exact) mass is 291 g/mol. The van der Waals surface area contributed by atoms with E-state index in [0.717, 1.165) is 32.0 Å². The quantitative estimate of drug-likeness (QED) is 0.837. The summed E-state index contributed by atoms with van der Waals surface area (Å²) >= 11 is 0. The molecule has 3 heteroatoms. The van der Waals surface area contributed by atoms with Crippen LogP contribution in [0.4, 0.5) is 0 Å². The number of likely N-dealkylation sites (tertiary alicyclic amines) is 1. The van der Waals surface area contributed by atoms with Crippen molar-refractivity contribution in [3.8, 4) is 0 Å². The number of hydrogen-bond donors (Lipinski definition) is 1. The first-order valence-corrected chi connectivity index (χ1v) is 8.26. The number of aliphatic hydroxyl groups is 1. The van der Waals surface area contributed by atoms with Gasteiger partial charge < -0.3 is 14.7 Å². The van der Waals surface area contributed by atoms with E-state index < -0.39 is 6.10 Å². The van der Waals surface area contributed by atoms with E-state index in [4.69, 9.17) is 4.74 Å². The standard InChI is InChI=1S/C18H29NO2/c1-3-18(16-9-5-4-6-10-16)21-14-17(20)13-19-11-7-8-15(2)12-19/h4-6,9-10,15,17-18,20H,3,7-8,11-14H2,1-2H3/t15-,17+,18+/m0/s1. The van der Waals surface area contributed by atoms with Crippen LogP contribution in [0.5, 0.6) is 0 Å². The molecule has 1 heterocycles. The van der Waals surface area contributed by atoms with E-state index in [-0.39, 0.29) is 6.10 Å². The van der Waals surface area contributed by atoms with Gasteiger partial charge in [-0.15, -0.1) is 0 Å². The van der Waals surface area contributed by atoms with E-state index in [1.54, 1.807) is 0 Å². The van der Waals surface area contributed by atoms with E-state index in [1.807, 2.05) is 18.2 Å². The van der Waals surface area contributed by atoms with Crippen molar-refractivity contribution in [1.82, 2.24) is 4.90 Å². The Balaban J connectivity index is 1.76. The van der Waals surface area contributed by atoms with Crippen LogP contribution in [-0.4, -0.2) is 42.4 Å². The van der Waals surface area contributed by atoms with E-state index in [0.29, 0.717) is 6.61 Å². The summed E-state index contributed by atoms with van der Waals surface area (Å²) in [4.78, 5) is 2.37. The van der Waals surface area contributed by atoms with Gasteiger partial charge in [0.1, 0.15) is 0 Å². The highest BCUT2D eigenvalue weighted by molar-refractivity contribution is 5.17. The van der Waals surface area contributed by atoms with Crippen LogP contribution in [0, 0.1) is 5.92 Å². The maximum Gasteiger partial charge on any atom is 0.0900 e. The first kappa shape index (κ1) is 16.5. The van der Waals surface area contributed by atoms with Crippen molar-refractivity contribution in [3.05, 3.63) is 35.9 Å². The number of β-amino-alcohol motifs (C(OH)–C–C–N with tert-alkyl or cyclic N) is 1. The number of hydrogen-bond acceptors (Lipinski definition) is 3. The van der Waals surface area contributed by atoms with Crippen molar-refractivity contribution in [1.29, 1.82) is 0 Å². The Labute approximate surface area is 128 Å². The number of benzene rings is 1. The molecule has 2 rings (SSSR count). The second-order valence-corrected chi connectivity index (χ2v) is 6.30. The van der Waals surface area contributed by atoms with Gasteiger partial charge in [-0.3, -0.25) is 0 Å². The lowest BCUT2D eigenvalue weighted by Gasteiger charge is -2.32. The lowest BCUT2D eigenvalue weighted by atomic mass is 10.00.